The molecule has 2 aromatic rings. The first-order valence-electron chi connectivity index (χ1n) is 9.90. The maximum Gasteiger partial charge on any atom is 0.253 e. The third kappa shape index (κ3) is 2.57. The topological polar surface area (TPSA) is 61.5 Å². The van der Waals surface area contributed by atoms with Crippen LogP contribution in [0.25, 0.3) is 0 Å². The van der Waals surface area contributed by atoms with E-state index in [-0.39, 0.29) is 17.6 Å². The molecule has 0 saturated carbocycles. The largest absolute Gasteiger partial charge is 0.490 e. The fourth-order valence-electron chi connectivity index (χ4n) is 5.02. The number of amides is 1. The number of H-pyrrole nitrogens is 1. The number of piperidine rings is 1. The molecule has 1 N–H and O–H groups in total. The van der Waals surface area contributed by atoms with Crippen molar-refractivity contribution < 1.29 is 9.53 Å². The lowest BCUT2D eigenvalue weighted by Gasteiger charge is -2.49. The molecule has 6 nitrogen and oxygen atoms in total. The Morgan fingerprint density at radius 1 is 1.30 bits per heavy atom. The van der Waals surface area contributed by atoms with Crippen molar-refractivity contribution in [2.45, 2.75) is 44.2 Å². The summed E-state index contributed by atoms with van der Waals surface area (Å²) in [5.74, 6) is 1.06. The standard InChI is InChI=1S/C21H26N4O2/c1-14-11-16-12-15(3-4-18(16)27-14)20(26)25-9-6-21(7-10-25)19-17(22-13-23-19)5-8-24(21)2/h3-4,12-14H,5-11H2,1-2H3,(H,22,23)/t14-/m1/s1. The highest BCUT2D eigenvalue weighted by Gasteiger charge is 2.45. The molecule has 1 fully saturated rings. The van der Waals surface area contributed by atoms with Crippen molar-refractivity contribution in [2.24, 2.45) is 0 Å². The van der Waals surface area contributed by atoms with Crippen LogP contribution in [0.1, 0.15) is 47.1 Å². The van der Waals surface area contributed by atoms with E-state index >= 15 is 0 Å². The Balaban J connectivity index is 1.34. The monoisotopic (exact) mass is 366 g/mol. The van der Waals surface area contributed by atoms with Gasteiger partial charge in [-0.15, -0.1) is 0 Å². The molecule has 1 aromatic carbocycles. The molecule has 1 amide bonds. The molecule has 27 heavy (non-hydrogen) atoms. The SMILES string of the molecule is C[C@@H]1Cc2cc(C(=O)N3CCC4(CC3)c3nc[nH]c3CCN4C)ccc2O1. The molecule has 0 aliphatic carbocycles. The average molecular weight is 366 g/mol. The number of nitrogens with one attached hydrogen (secondary N) is 1. The Kier molecular flexibility index (Phi) is 3.79. The molecule has 4 heterocycles. The minimum atomic E-state index is -0.0361. The maximum atomic E-state index is 13.1. The van der Waals surface area contributed by atoms with E-state index in [0.29, 0.717) is 0 Å². The van der Waals surface area contributed by atoms with Crippen LogP contribution in [0.3, 0.4) is 0 Å². The van der Waals surface area contributed by atoms with Crippen LogP contribution in [0.2, 0.25) is 0 Å². The third-order valence-corrected chi connectivity index (χ3v) is 6.61. The molecule has 3 aliphatic heterocycles. The van der Waals surface area contributed by atoms with Gasteiger partial charge in [-0.25, -0.2) is 4.98 Å². The predicted octanol–water partition coefficient (Wildman–Crippen LogP) is 2.35. The lowest BCUT2D eigenvalue weighted by Crippen LogP contribution is -2.55. The molecule has 5 rings (SSSR count). The zero-order chi connectivity index (χ0) is 18.6. The van der Waals surface area contributed by atoms with Gasteiger partial charge < -0.3 is 14.6 Å². The van der Waals surface area contributed by atoms with Crippen LogP contribution >= 0.6 is 0 Å². The Morgan fingerprint density at radius 3 is 2.93 bits per heavy atom. The van der Waals surface area contributed by atoms with Crippen molar-refractivity contribution in [1.29, 1.82) is 0 Å². The molecule has 0 radical (unpaired) electrons. The summed E-state index contributed by atoms with van der Waals surface area (Å²) in [6.45, 7) is 4.63. The van der Waals surface area contributed by atoms with Gasteiger partial charge in [0.25, 0.3) is 5.91 Å². The van der Waals surface area contributed by atoms with E-state index < -0.39 is 0 Å². The summed E-state index contributed by atoms with van der Waals surface area (Å²) in [6.07, 6.45) is 5.77. The Hall–Kier alpha value is -2.34. The molecule has 3 aliphatic rings. The van der Waals surface area contributed by atoms with Crippen LogP contribution < -0.4 is 4.74 Å². The summed E-state index contributed by atoms with van der Waals surface area (Å²) in [7, 11) is 2.19. The van der Waals surface area contributed by atoms with E-state index in [1.807, 2.05) is 29.4 Å². The molecule has 142 valence electrons. The van der Waals surface area contributed by atoms with E-state index in [1.165, 1.54) is 11.4 Å². The molecule has 1 saturated heterocycles. The number of nitrogens with zero attached hydrogens (tertiary/aromatic N) is 3. The fraction of sp³-hybridized carbons (Fsp3) is 0.524. The van der Waals surface area contributed by atoms with Gasteiger partial charge in [0.2, 0.25) is 0 Å². The average Bonchev–Trinajstić information content (AvgIpc) is 3.30. The molecule has 0 unspecified atom stereocenters. The van der Waals surface area contributed by atoms with Crippen LogP contribution in [-0.2, 0) is 18.4 Å². The normalized spacial score (nSPS) is 23.8. The summed E-state index contributed by atoms with van der Waals surface area (Å²) in [4.78, 5) is 25.5. The summed E-state index contributed by atoms with van der Waals surface area (Å²) >= 11 is 0. The van der Waals surface area contributed by atoms with Crippen molar-refractivity contribution >= 4 is 5.91 Å². The van der Waals surface area contributed by atoms with Crippen molar-refractivity contribution in [3.63, 3.8) is 0 Å². The van der Waals surface area contributed by atoms with E-state index in [0.717, 1.165) is 62.2 Å². The van der Waals surface area contributed by atoms with Crippen molar-refractivity contribution in [1.82, 2.24) is 19.8 Å². The van der Waals surface area contributed by atoms with E-state index in [4.69, 9.17) is 4.74 Å². The highest BCUT2D eigenvalue weighted by atomic mass is 16.5. The number of imidazole rings is 1. The fourth-order valence-corrected chi connectivity index (χ4v) is 5.02. The van der Waals surface area contributed by atoms with Gasteiger partial charge in [-0.2, -0.15) is 0 Å². The number of aromatic amines is 1. The molecular weight excluding hydrogens is 340 g/mol. The second-order valence-electron chi connectivity index (χ2n) is 8.18. The summed E-state index contributed by atoms with van der Waals surface area (Å²) < 4.78 is 5.76. The van der Waals surface area contributed by atoms with Gasteiger partial charge in [0, 0.05) is 43.7 Å². The Morgan fingerprint density at radius 2 is 2.11 bits per heavy atom. The molecule has 1 atom stereocenters. The number of hydrogen-bond donors (Lipinski definition) is 1. The van der Waals surface area contributed by atoms with Crippen LogP contribution in [-0.4, -0.2) is 58.5 Å². The summed E-state index contributed by atoms with van der Waals surface area (Å²) in [6, 6.07) is 5.87. The predicted molar refractivity (Wildman–Crippen MR) is 102 cm³/mol. The van der Waals surface area contributed by atoms with Crippen LogP contribution in [0.5, 0.6) is 5.75 Å². The van der Waals surface area contributed by atoms with Crippen molar-refractivity contribution in [3.05, 3.63) is 47.0 Å². The third-order valence-electron chi connectivity index (χ3n) is 6.61. The lowest BCUT2D eigenvalue weighted by atomic mass is 9.79. The molecule has 0 bridgehead atoms. The summed E-state index contributed by atoms with van der Waals surface area (Å²) in [5, 5.41) is 0. The van der Waals surface area contributed by atoms with Gasteiger partial charge in [0.05, 0.1) is 17.6 Å². The number of likely N-dealkylation sites (tertiary alicyclic amines) is 1. The first-order chi connectivity index (χ1) is 13.1. The maximum absolute atomic E-state index is 13.1. The van der Waals surface area contributed by atoms with Gasteiger partial charge in [-0.3, -0.25) is 9.69 Å². The molecule has 6 heteroatoms. The Bertz CT molecular complexity index is 882. The minimum Gasteiger partial charge on any atom is -0.490 e. The van der Waals surface area contributed by atoms with Crippen LogP contribution in [0.4, 0.5) is 0 Å². The number of hydrogen-bond acceptors (Lipinski definition) is 4. The second-order valence-corrected chi connectivity index (χ2v) is 8.18. The van der Waals surface area contributed by atoms with Crippen molar-refractivity contribution in [3.8, 4) is 5.75 Å². The van der Waals surface area contributed by atoms with Gasteiger partial charge in [-0.05, 0) is 50.6 Å². The first-order valence-corrected chi connectivity index (χ1v) is 9.90. The van der Waals surface area contributed by atoms with Crippen LogP contribution in [0.15, 0.2) is 24.5 Å². The zero-order valence-corrected chi connectivity index (χ0v) is 16.0. The number of ether oxygens (including phenoxy) is 1. The number of likely N-dealkylation sites (N-methyl/N-ethyl adjacent to an activating group) is 1. The number of rotatable bonds is 1. The smallest absolute Gasteiger partial charge is 0.253 e. The Labute approximate surface area is 159 Å². The molecule has 1 aromatic heterocycles. The van der Waals surface area contributed by atoms with Gasteiger partial charge in [-0.1, -0.05) is 0 Å². The van der Waals surface area contributed by atoms with E-state index in [9.17, 15) is 4.79 Å². The highest BCUT2D eigenvalue weighted by Crippen LogP contribution is 2.41. The van der Waals surface area contributed by atoms with Gasteiger partial charge in [0.15, 0.2) is 0 Å². The van der Waals surface area contributed by atoms with Crippen LogP contribution in [0, 0.1) is 0 Å². The molecule has 1 spiro atoms. The molecular formula is C21H26N4O2. The minimum absolute atomic E-state index is 0.0361. The number of benzene rings is 1. The second kappa shape index (κ2) is 6.09. The van der Waals surface area contributed by atoms with Gasteiger partial charge in [0.1, 0.15) is 11.9 Å². The van der Waals surface area contributed by atoms with Crippen molar-refractivity contribution in [2.75, 3.05) is 26.7 Å². The first kappa shape index (κ1) is 16.8. The van der Waals surface area contributed by atoms with E-state index in [2.05, 4.69) is 28.8 Å². The number of carbonyl (C=O) groups is 1. The number of fused-ring (bicyclic) bond motifs is 3. The quantitative estimate of drug-likeness (QED) is 0.842. The number of carbonyl (C=O) groups excluding carboxylic acids is 1. The van der Waals surface area contributed by atoms with E-state index in [1.54, 1.807) is 0 Å². The lowest BCUT2D eigenvalue weighted by molar-refractivity contribution is 0.0225. The zero-order valence-electron chi connectivity index (χ0n) is 16.0. The number of aromatic nitrogens is 2. The van der Waals surface area contributed by atoms with Gasteiger partial charge >= 0.3 is 0 Å². The highest BCUT2D eigenvalue weighted by molar-refractivity contribution is 5.94. The summed E-state index contributed by atoms with van der Waals surface area (Å²) in [5.41, 5.74) is 4.34.